The summed E-state index contributed by atoms with van der Waals surface area (Å²) in [4.78, 5) is 0. The Bertz CT molecular complexity index is 520. The predicted molar refractivity (Wildman–Crippen MR) is 70.1 cm³/mol. The van der Waals surface area contributed by atoms with Crippen molar-refractivity contribution in [1.29, 1.82) is 0 Å². The van der Waals surface area contributed by atoms with Crippen LogP contribution in [0.1, 0.15) is 36.4 Å². The zero-order valence-corrected chi connectivity index (χ0v) is 11.2. The molecular formula is C12H17ClN4O. The van der Waals surface area contributed by atoms with Gasteiger partial charge in [0.25, 0.3) is 0 Å². The molecule has 18 heavy (non-hydrogen) atoms. The van der Waals surface area contributed by atoms with E-state index in [0.29, 0.717) is 5.02 Å². The van der Waals surface area contributed by atoms with E-state index in [4.69, 9.17) is 21.9 Å². The normalized spacial score (nSPS) is 12.9. The van der Waals surface area contributed by atoms with E-state index in [1.165, 1.54) is 0 Å². The van der Waals surface area contributed by atoms with Crippen molar-refractivity contribution in [3.8, 4) is 0 Å². The van der Waals surface area contributed by atoms with Crippen LogP contribution in [0.3, 0.4) is 0 Å². The minimum Gasteiger partial charge on any atom is -0.467 e. The fourth-order valence-electron chi connectivity index (χ4n) is 2.01. The lowest BCUT2D eigenvalue weighted by Gasteiger charge is -2.17. The molecule has 2 heterocycles. The van der Waals surface area contributed by atoms with Gasteiger partial charge in [0.2, 0.25) is 0 Å². The summed E-state index contributed by atoms with van der Waals surface area (Å²) in [6, 6.07) is 1.61. The van der Waals surface area contributed by atoms with Crippen LogP contribution >= 0.6 is 11.6 Å². The van der Waals surface area contributed by atoms with Crippen molar-refractivity contribution < 1.29 is 4.42 Å². The third-order valence-electron chi connectivity index (χ3n) is 2.87. The number of hydrazine groups is 1. The summed E-state index contributed by atoms with van der Waals surface area (Å²) in [5, 5.41) is 4.85. The molecule has 0 spiro atoms. The van der Waals surface area contributed by atoms with E-state index < -0.39 is 0 Å². The van der Waals surface area contributed by atoms with Gasteiger partial charge in [-0.1, -0.05) is 18.5 Å². The first-order valence-electron chi connectivity index (χ1n) is 5.90. The maximum absolute atomic E-state index is 6.20. The van der Waals surface area contributed by atoms with Gasteiger partial charge in [-0.05, 0) is 25.0 Å². The molecule has 0 bridgehead atoms. The first-order chi connectivity index (χ1) is 8.69. The van der Waals surface area contributed by atoms with E-state index in [2.05, 4.69) is 17.4 Å². The summed E-state index contributed by atoms with van der Waals surface area (Å²) in [6.07, 6.45) is 4.25. The van der Waals surface area contributed by atoms with Crippen molar-refractivity contribution in [2.24, 2.45) is 5.84 Å². The second kappa shape index (κ2) is 5.56. The first kappa shape index (κ1) is 13.1. The van der Waals surface area contributed by atoms with Gasteiger partial charge >= 0.3 is 0 Å². The summed E-state index contributed by atoms with van der Waals surface area (Å²) >= 11 is 6.20. The van der Waals surface area contributed by atoms with Crippen LogP contribution in [0.2, 0.25) is 5.02 Å². The molecule has 98 valence electrons. The van der Waals surface area contributed by atoms with E-state index in [-0.39, 0.29) is 6.04 Å². The maximum Gasteiger partial charge on any atom is 0.131 e. The Morgan fingerprint density at radius 3 is 2.94 bits per heavy atom. The molecule has 0 aliphatic rings. The highest BCUT2D eigenvalue weighted by atomic mass is 35.5. The molecule has 0 saturated carbocycles. The summed E-state index contributed by atoms with van der Waals surface area (Å²) < 4.78 is 7.34. The van der Waals surface area contributed by atoms with Crippen LogP contribution < -0.4 is 11.3 Å². The molecule has 0 amide bonds. The zero-order valence-electron chi connectivity index (χ0n) is 10.5. The molecule has 0 aromatic carbocycles. The molecule has 2 aromatic rings. The molecule has 5 nitrogen and oxygen atoms in total. The number of halogens is 1. The van der Waals surface area contributed by atoms with Crippen molar-refractivity contribution >= 4 is 11.6 Å². The molecule has 2 rings (SSSR count). The van der Waals surface area contributed by atoms with Crippen LogP contribution in [0.25, 0.3) is 0 Å². The van der Waals surface area contributed by atoms with Crippen LogP contribution in [0, 0.1) is 6.92 Å². The standard InChI is InChI=1S/C12H17ClN4O/c1-3-5-17-11(9(13)7-15-17)10(16-14)12-8(2)4-6-18-12/h4,6-7,10,16H,3,5,14H2,1-2H3. The van der Waals surface area contributed by atoms with Gasteiger partial charge in [0.05, 0.1) is 23.2 Å². The topological polar surface area (TPSA) is 69.0 Å². The molecule has 0 saturated heterocycles. The fourth-order valence-corrected chi connectivity index (χ4v) is 2.26. The van der Waals surface area contributed by atoms with Crippen molar-refractivity contribution in [2.75, 3.05) is 0 Å². The monoisotopic (exact) mass is 268 g/mol. The number of aryl methyl sites for hydroxylation is 2. The van der Waals surface area contributed by atoms with Gasteiger partial charge in [-0.2, -0.15) is 5.10 Å². The van der Waals surface area contributed by atoms with Crippen LogP contribution in [0.4, 0.5) is 0 Å². The highest BCUT2D eigenvalue weighted by molar-refractivity contribution is 6.31. The predicted octanol–water partition coefficient (Wildman–Crippen LogP) is 2.40. The molecule has 0 aliphatic carbocycles. The van der Waals surface area contributed by atoms with Gasteiger partial charge in [0.15, 0.2) is 0 Å². The number of rotatable bonds is 5. The van der Waals surface area contributed by atoms with Crippen LogP contribution in [-0.4, -0.2) is 9.78 Å². The van der Waals surface area contributed by atoms with Gasteiger partial charge in [-0.25, -0.2) is 5.43 Å². The van der Waals surface area contributed by atoms with Crippen LogP contribution in [0.15, 0.2) is 22.9 Å². The van der Waals surface area contributed by atoms with Gasteiger partial charge < -0.3 is 4.42 Å². The number of hydrogen-bond acceptors (Lipinski definition) is 4. The molecule has 1 atom stereocenters. The molecule has 0 fully saturated rings. The SMILES string of the molecule is CCCn1ncc(Cl)c1C(NN)c1occc1C. The highest BCUT2D eigenvalue weighted by Crippen LogP contribution is 2.30. The molecule has 6 heteroatoms. The zero-order chi connectivity index (χ0) is 13.1. The van der Waals surface area contributed by atoms with E-state index in [1.54, 1.807) is 12.5 Å². The Balaban J connectivity index is 2.45. The molecule has 0 radical (unpaired) electrons. The minimum absolute atomic E-state index is 0.290. The van der Waals surface area contributed by atoms with Crippen molar-refractivity contribution in [3.05, 3.63) is 40.6 Å². The average molecular weight is 269 g/mol. The molecule has 3 N–H and O–H groups in total. The van der Waals surface area contributed by atoms with Gasteiger partial charge in [-0.15, -0.1) is 0 Å². The summed E-state index contributed by atoms with van der Waals surface area (Å²) in [5.74, 6) is 6.41. The van der Waals surface area contributed by atoms with Crippen molar-refractivity contribution in [3.63, 3.8) is 0 Å². The quantitative estimate of drug-likeness (QED) is 0.645. The summed E-state index contributed by atoms with van der Waals surface area (Å²) in [6.45, 7) is 4.85. The van der Waals surface area contributed by atoms with Gasteiger partial charge in [0.1, 0.15) is 11.8 Å². The fraction of sp³-hybridized carbons (Fsp3) is 0.417. The van der Waals surface area contributed by atoms with Gasteiger partial charge in [-0.3, -0.25) is 10.5 Å². The Kier molecular flexibility index (Phi) is 4.06. The second-order valence-electron chi connectivity index (χ2n) is 4.17. The summed E-state index contributed by atoms with van der Waals surface area (Å²) in [7, 11) is 0. The molecule has 0 aliphatic heterocycles. The third-order valence-corrected chi connectivity index (χ3v) is 3.16. The van der Waals surface area contributed by atoms with E-state index >= 15 is 0 Å². The number of aromatic nitrogens is 2. The van der Waals surface area contributed by atoms with Crippen LogP contribution in [-0.2, 0) is 6.54 Å². The minimum atomic E-state index is -0.290. The molecule has 1 unspecified atom stereocenters. The number of nitrogens with one attached hydrogen (secondary N) is 1. The average Bonchev–Trinajstić information content (AvgIpc) is 2.91. The number of nitrogens with zero attached hydrogens (tertiary/aromatic N) is 2. The highest BCUT2D eigenvalue weighted by Gasteiger charge is 2.24. The lowest BCUT2D eigenvalue weighted by atomic mass is 10.1. The lowest BCUT2D eigenvalue weighted by molar-refractivity contribution is 0.426. The number of nitrogens with two attached hydrogens (primary N) is 1. The first-order valence-corrected chi connectivity index (χ1v) is 6.28. The van der Waals surface area contributed by atoms with Crippen molar-refractivity contribution in [2.45, 2.75) is 32.9 Å². The third kappa shape index (κ3) is 2.29. The molecule has 2 aromatic heterocycles. The molecular weight excluding hydrogens is 252 g/mol. The maximum atomic E-state index is 6.20. The Labute approximate surface area is 111 Å². The second-order valence-corrected chi connectivity index (χ2v) is 4.58. The van der Waals surface area contributed by atoms with Crippen molar-refractivity contribution in [1.82, 2.24) is 15.2 Å². The lowest BCUT2D eigenvalue weighted by Crippen LogP contribution is -2.31. The van der Waals surface area contributed by atoms with E-state index in [9.17, 15) is 0 Å². The van der Waals surface area contributed by atoms with E-state index in [0.717, 1.165) is 30.0 Å². The van der Waals surface area contributed by atoms with Gasteiger partial charge in [0, 0.05) is 6.54 Å². The largest absolute Gasteiger partial charge is 0.467 e. The smallest absolute Gasteiger partial charge is 0.131 e. The van der Waals surface area contributed by atoms with Crippen LogP contribution in [0.5, 0.6) is 0 Å². The summed E-state index contributed by atoms with van der Waals surface area (Å²) in [5.41, 5.74) is 4.61. The van der Waals surface area contributed by atoms with E-state index in [1.807, 2.05) is 17.7 Å². The number of furan rings is 1. The Hall–Kier alpha value is -1.30. The Morgan fingerprint density at radius 1 is 1.61 bits per heavy atom. The number of hydrogen-bond donors (Lipinski definition) is 2. The Morgan fingerprint density at radius 2 is 2.39 bits per heavy atom.